The lowest BCUT2D eigenvalue weighted by molar-refractivity contribution is -0.162. The minimum absolute atomic E-state index is 0.00748. The van der Waals surface area contributed by atoms with Gasteiger partial charge in [-0.25, -0.2) is 13.5 Å². The van der Waals surface area contributed by atoms with Crippen molar-refractivity contribution in [1.29, 1.82) is 0 Å². The van der Waals surface area contributed by atoms with Gasteiger partial charge in [0.25, 0.3) is 6.43 Å². The lowest BCUT2D eigenvalue weighted by Crippen LogP contribution is -2.52. The fraction of sp³-hybridized carbons (Fsp3) is 0.633. The molecule has 2 amide bonds. The molecule has 0 radical (unpaired) electrons. The van der Waals surface area contributed by atoms with E-state index in [4.69, 9.17) is 17.7 Å². The summed E-state index contributed by atoms with van der Waals surface area (Å²) in [4.78, 5) is 43.5. The third kappa shape index (κ3) is 5.25. The molecule has 6 rings (SSSR count). The summed E-state index contributed by atoms with van der Waals surface area (Å²) in [7, 11) is 1.37. The van der Waals surface area contributed by atoms with Crippen molar-refractivity contribution in [1.82, 2.24) is 24.8 Å². The van der Waals surface area contributed by atoms with Gasteiger partial charge in [-0.1, -0.05) is 29.6 Å². The molecule has 13 heteroatoms. The first kappa shape index (κ1) is 28.5. The van der Waals surface area contributed by atoms with E-state index in [2.05, 4.69) is 10.3 Å². The quantitative estimate of drug-likeness (QED) is 0.454. The summed E-state index contributed by atoms with van der Waals surface area (Å²) in [6, 6.07) is 2.55. The van der Waals surface area contributed by atoms with E-state index in [1.54, 1.807) is 28.9 Å². The number of rotatable bonds is 8. The number of halogens is 3. The van der Waals surface area contributed by atoms with Crippen LogP contribution < -0.4 is 4.74 Å². The first-order chi connectivity index (χ1) is 20.8. The first-order valence-corrected chi connectivity index (χ1v) is 15.1. The van der Waals surface area contributed by atoms with Crippen LogP contribution in [0.4, 0.5) is 8.78 Å². The zero-order valence-corrected chi connectivity index (χ0v) is 24.9. The maximum absolute atomic E-state index is 14.4. The highest BCUT2D eigenvalue weighted by Gasteiger charge is 2.54. The lowest BCUT2D eigenvalue weighted by atomic mass is 9.66. The molecule has 1 spiro atoms. The Morgan fingerprint density at radius 3 is 2.74 bits per heavy atom. The molecule has 2 aromatic rings. The van der Waals surface area contributed by atoms with Crippen LogP contribution in [0, 0.1) is 16.7 Å². The van der Waals surface area contributed by atoms with Crippen molar-refractivity contribution >= 4 is 29.4 Å². The molecule has 3 fully saturated rings. The molecule has 232 valence electrons. The van der Waals surface area contributed by atoms with Gasteiger partial charge in [0.15, 0.2) is 0 Å². The normalized spacial score (nSPS) is 28.3. The van der Waals surface area contributed by atoms with E-state index in [1.807, 2.05) is 0 Å². The monoisotopic (exact) mass is 620 g/mol. The van der Waals surface area contributed by atoms with Crippen molar-refractivity contribution < 1.29 is 34.4 Å². The average Bonchev–Trinajstić information content (AvgIpc) is 3.51. The van der Waals surface area contributed by atoms with Crippen LogP contribution in [-0.4, -0.2) is 67.3 Å². The predicted octanol–water partition coefficient (Wildman–Crippen LogP) is 4.70. The topological polar surface area (TPSA) is 118 Å². The Morgan fingerprint density at radius 1 is 1.30 bits per heavy atom. The number of aromatic nitrogens is 3. The molecule has 1 saturated heterocycles. The molecule has 4 aliphatic rings. The molecule has 1 aromatic heterocycles. The van der Waals surface area contributed by atoms with Gasteiger partial charge in [0, 0.05) is 45.1 Å². The van der Waals surface area contributed by atoms with E-state index < -0.39 is 36.2 Å². The highest BCUT2D eigenvalue weighted by molar-refractivity contribution is 6.31. The zero-order valence-electron chi connectivity index (χ0n) is 25.2. The Labute approximate surface area is 254 Å². The van der Waals surface area contributed by atoms with E-state index in [9.17, 15) is 28.3 Å². The molecule has 1 N–H and O–H groups in total. The van der Waals surface area contributed by atoms with Crippen LogP contribution in [0.2, 0.25) is 5.02 Å². The standard InChI is InChI=1S/C30H36ClF2N5O5/c1-29(28(41)42)9-4-3-5-18(29)27(40)38-12-8-17-19(31)6-7-22(43-15-20-25(26(32)33)36(2)35-34-20)24(17)21(38)14-37-16-30(10-11-30)13-23(37)39/h6-7,18,21,26H,3-5,8-16H2,1-2H3,(H,41,42)/t18-,21+,29-/m0/s1/i3D/t3-,18+,21-,29+/m1. The Kier molecular flexibility index (Phi) is 7.30. The number of nitrogens with zero attached hydrogens (tertiary/aromatic N) is 5. The molecule has 2 aliphatic carbocycles. The number of ether oxygens (including phenoxy) is 1. The average molecular weight is 621 g/mol. The number of fused-ring (bicyclic) bond motifs is 1. The molecule has 43 heavy (non-hydrogen) atoms. The van der Waals surface area contributed by atoms with Crippen molar-refractivity contribution in [3.8, 4) is 5.75 Å². The second-order valence-corrected chi connectivity index (χ2v) is 13.1. The van der Waals surface area contributed by atoms with Crippen molar-refractivity contribution in [2.24, 2.45) is 23.8 Å². The first-order valence-electron chi connectivity index (χ1n) is 15.3. The summed E-state index contributed by atoms with van der Waals surface area (Å²) in [6.07, 6.45) is 0.0606. The van der Waals surface area contributed by atoms with Crippen LogP contribution in [0.5, 0.6) is 5.75 Å². The van der Waals surface area contributed by atoms with E-state index in [0.29, 0.717) is 42.1 Å². The third-order valence-electron chi connectivity index (χ3n) is 9.95. The fourth-order valence-corrected chi connectivity index (χ4v) is 7.36. The maximum Gasteiger partial charge on any atom is 0.310 e. The van der Waals surface area contributed by atoms with Gasteiger partial charge in [-0.3, -0.25) is 14.4 Å². The highest BCUT2D eigenvalue weighted by atomic mass is 35.5. The number of hydrogen-bond donors (Lipinski definition) is 1. The number of amides is 2. The van der Waals surface area contributed by atoms with Crippen LogP contribution in [0.3, 0.4) is 0 Å². The summed E-state index contributed by atoms with van der Waals surface area (Å²) >= 11 is 6.68. The van der Waals surface area contributed by atoms with Gasteiger partial charge >= 0.3 is 5.97 Å². The van der Waals surface area contributed by atoms with Crippen molar-refractivity contribution in [2.45, 2.75) is 77.3 Å². The SMILES string of the molecule is [2H][C@@H]1CC[C@](C)(C(=O)O)[C@H](C(=O)N2CCc3c(Cl)ccc(OCc4nnn(C)c4C(F)F)c3[C@H]2CN2CC3(CC3)CC2=O)C1. The van der Waals surface area contributed by atoms with Gasteiger partial charge < -0.3 is 19.6 Å². The second kappa shape index (κ2) is 11.0. The number of carboxylic acids is 1. The Balaban J connectivity index is 1.39. The third-order valence-corrected chi connectivity index (χ3v) is 10.3. The number of carboxylic acid groups (broad SMARTS) is 1. The number of alkyl halides is 2. The molecule has 2 aliphatic heterocycles. The Hall–Kier alpha value is -3.28. The lowest BCUT2D eigenvalue weighted by Gasteiger charge is -2.45. The molecule has 3 heterocycles. The van der Waals surface area contributed by atoms with Crippen LogP contribution >= 0.6 is 11.6 Å². The Morgan fingerprint density at radius 2 is 2.07 bits per heavy atom. The maximum atomic E-state index is 14.4. The number of aryl methyl sites for hydroxylation is 1. The number of likely N-dealkylation sites (tertiary alicyclic amines) is 1. The van der Waals surface area contributed by atoms with Crippen molar-refractivity contribution in [3.63, 3.8) is 0 Å². The molecule has 10 nitrogen and oxygen atoms in total. The van der Waals surface area contributed by atoms with Crippen molar-refractivity contribution in [2.75, 3.05) is 19.6 Å². The number of carbonyl (C=O) groups excluding carboxylic acids is 2. The highest BCUT2D eigenvalue weighted by Crippen LogP contribution is 2.54. The molecule has 0 bridgehead atoms. The second-order valence-electron chi connectivity index (χ2n) is 12.7. The van der Waals surface area contributed by atoms with E-state index in [0.717, 1.165) is 23.1 Å². The Bertz CT molecular complexity index is 1500. The molecular formula is C30H36ClF2N5O5. The fourth-order valence-electron chi connectivity index (χ4n) is 7.10. The molecule has 2 saturated carbocycles. The number of benzene rings is 1. The van der Waals surface area contributed by atoms with Crippen LogP contribution in [0.25, 0.3) is 0 Å². The summed E-state index contributed by atoms with van der Waals surface area (Å²) < 4.78 is 42.9. The van der Waals surface area contributed by atoms with Gasteiger partial charge in [-0.05, 0) is 62.1 Å². The predicted molar refractivity (Wildman–Crippen MR) is 150 cm³/mol. The minimum atomic E-state index is -2.82. The van der Waals surface area contributed by atoms with Gasteiger partial charge in [-0.2, -0.15) is 0 Å². The van der Waals surface area contributed by atoms with Crippen LogP contribution in [0.1, 0.15) is 88.2 Å². The number of carbonyl (C=O) groups is 3. The molecule has 0 unspecified atom stereocenters. The molecule has 4 atom stereocenters. The van der Waals surface area contributed by atoms with Crippen LogP contribution in [0.15, 0.2) is 12.1 Å². The smallest absolute Gasteiger partial charge is 0.310 e. The molecule has 1 aromatic carbocycles. The molecular weight excluding hydrogens is 584 g/mol. The van der Waals surface area contributed by atoms with E-state index >= 15 is 0 Å². The van der Waals surface area contributed by atoms with Gasteiger partial charge in [0.05, 0.1) is 17.4 Å². The number of aliphatic carboxylic acids is 1. The van der Waals surface area contributed by atoms with E-state index in [1.165, 1.54) is 7.05 Å². The van der Waals surface area contributed by atoms with Gasteiger partial charge in [0.1, 0.15) is 23.7 Å². The van der Waals surface area contributed by atoms with Gasteiger partial charge in [0.2, 0.25) is 11.8 Å². The summed E-state index contributed by atoms with van der Waals surface area (Å²) in [5, 5.41) is 18.2. The summed E-state index contributed by atoms with van der Waals surface area (Å²) in [6.45, 7) is 2.23. The summed E-state index contributed by atoms with van der Waals surface area (Å²) in [5.41, 5.74) is -0.474. The summed E-state index contributed by atoms with van der Waals surface area (Å²) in [5.74, 6) is -2.08. The van der Waals surface area contributed by atoms with Gasteiger partial charge in [-0.15, -0.1) is 5.10 Å². The largest absolute Gasteiger partial charge is 0.487 e. The van der Waals surface area contributed by atoms with Crippen molar-refractivity contribution in [3.05, 3.63) is 39.7 Å². The zero-order chi connectivity index (χ0) is 31.6. The number of hydrogen-bond acceptors (Lipinski definition) is 6. The minimum Gasteiger partial charge on any atom is -0.487 e. The van der Waals surface area contributed by atoms with E-state index in [-0.39, 0.29) is 61.2 Å². The van der Waals surface area contributed by atoms with Crippen LogP contribution in [-0.2, 0) is 34.5 Å².